The first-order valence-corrected chi connectivity index (χ1v) is 6.39. The van der Waals surface area contributed by atoms with Crippen LogP contribution in [0.3, 0.4) is 0 Å². The van der Waals surface area contributed by atoms with E-state index in [0.717, 1.165) is 16.9 Å². The Morgan fingerprint density at radius 3 is 3.07 bits per heavy atom. The molecule has 1 aromatic heterocycles. The first-order chi connectivity index (χ1) is 7.28. The van der Waals surface area contributed by atoms with Gasteiger partial charge in [0.05, 0.1) is 0 Å². The Morgan fingerprint density at radius 1 is 1.53 bits per heavy atom. The number of likely N-dealkylation sites (tertiary alicyclic amines) is 1. The maximum atomic E-state index is 4.19. The average molecular weight is 269 g/mol. The van der Waals surface area contributed by atoms with E-state index in [1.807, 2.05) is 12.4 Å². The predicted octanol–water partition coefficient (Wildman–Crippen LogP) is 3.08. The minimum atomic E-state index is 0.908. The topological polar surface area (TPSA) is 16.1 Å². The van der Waals surface area contributed by atoms with Crippen molar-refractivity contribution in [2.24, 2.45) is 5.92 Å². The highest BCUT2D eigenvalue weighted by Gasteiger charge is 2.20. The standard InChI is InChI=1S/C12H17BrN2/c1-2-10-3-4-15(8-10)9-11-5-12(13)7-14-6-11/h5-7,10H,2-4,8-9H2,1H3. The maximum absolute atomic E-state index is 4.19. The van der Waals surface area contributed by atoms with Crippen molar-refractivity contribution in [3.8, 4) is 0 Å². The van der Waals surface area contributed by atoms with Crippen molar-refractivity contribution >= 4 is 15.9 Å². The van der Waals surface area contributed by atoms with Gasteiger partial charge in [0.2, 0.25) is 0 Å². The maximum Gasteiger partial charge on any atom is 0.0410 e. The molecular weight excluding hydrogens is 252 g/mol. The fourth-order valence-corrected chi connectivity index (χ4v) is 2.60. The van der Waals surface area contributed by atoms with E-state index in [1.165, 1.54) is 31.5 Å². The van der Waals surface area contributed by atoms with Crippen LogP contribution in [0.25, 0.3) is 0 Å². The second-order valence-corrected chi connectivity index (χ2v) is 5.23. The number of pyridine rings is 1. The summed E-state index contributed by atoms with van der Waals surface area (Å²) in [5.74, 6) is 0.908. The molecule has 1 saturated heterocycles. The van der Waals surface area contributed by atoms with Gasteiger partial charge in [-0.25, -0.2) is 0 Å². The molecule has 0 bridgehead atoms. The van der Waals surface area contributed by atoms with Crippen LogP contribution in [0, 0.1) is 5.92 Å². The van der Waals surface area contributed by atoms with Crippen molar-refractivity contribution in [2.75, 3.05) is 13.1 Å². The Morgan fingerprint density at radius 2 is 2.40 bits per heavy atom. The Bertz CT molecular complexity index is 327. The zero-order valence-electron chi connectivity index (χ0n) is 9.12. The van der Waals surface area contributed by atoms with Crippen LogP contribution < -0.4 is 0 Å². The van der Waals surface area contributed by atoms with Crippen molar-refractivity contribution in [2.45, 2.75) is 26.3 Å². The summed E-state index contributed by atoms with van der Waals surface area (Å²) in [4.78, 5) is 6.72. The first kappa shape index (κ1) is 11.1. The molecule has 0 radical (unpaired) electrons. The van der Waals surface area contributed by atoms with Crippen LogP contribution in [0.5, 0.6) is 0 Å². The lowest BCUT2D eigenvalue weighted by atomic mass is 10.1. The molecule has 2 rings (SSSR count). The normalized spacial score (nSPS) is 22.1. The summed E-state index contributed by atoms with van der Waals surface area (Å²) < 4.78 is 1.08. The molecule has 1 atom stereocenters. The molecule has 82 valence electrons. The van der Waals surface area contributed by atoms with Crippen LogP contribution in [0.15, 0.2) is 22.9 Å². The summed E-state index contributed by atoms with van der Waals surface area (Å²) in [6.45, 7) is 5.83. The van der Waals surface area contributed by atoms with Gasteiger partial charge in [-0.2, -0.15) is 0 Å². The van der Waals surface area contributed by atoms with E-state index in [4.69, 9.17) is 0 Å². The average Bonchev–Trinajstić information content (AvgIpc) is 2.65. The fraction of sp³-hybridized carbons (Fsp3) is 0.583. The van der Waals surface area contributed by atoms with Gasteiger partial charge >= 0.3 is 0 Å². The first-order valence-electron chi connectivity index (χ1n) is 5.59. The molecule has 1 fully saturated rings. The summed E-state index contributed by atoms with van der Waals surface area (Å²) in [5.41, 5.74) is 1.31. The molecule has 0 aromatic carbocycles. The second kappa shape index (κ2) is 5.08. The van der Waals surface area contributed by atoms with E-state index in [-0.39, 0.29) is 0 Å². The quantitative estimate of drug-likeness (QED) is 0.838. The highest BCUT2D eigenvalue weighted by molar-refractivity contribution is 9.10. The minimum Gasteiger partial charge on any atom is -0.299 e. The highest BCUT2D eigenvalue weighted by atomic mass is 79.9. The van der Waals surface area contributed by atoms with Crippen molar-refractivity contribution in [3.63, 3.8) is 0 Å². The molecule has 2 heterocycles. The summed E-state index contributed by atoms with van der Waals surface area (Å²) in [7, 11) is 0. The van der Waals surface area contributed by atoms with Gasteiger partial charge in [0, 0.05) is 30.0 Å². The lowest BCUT2D eigenvalue weighted by molar-refractivity contribution is 0.315. The Balaban J connectivity index is 1.92. The van der Waals surface area contributed by atoms with Crippen molar-refractivity contribution in [3.05, 3.63) is 28.5 Å². The van der Waals surface area contributed by atoms with Crippen molar-refractivity contribution in [1.82, 2.24) is 9.88 Å². The molecule has 0 saturated carbocycles. The third-order valence-electron chi connectivity index (χ3n) is 3.12. The van der Waals surface area contributed by atoms with Crippen LogP contribution >= 0.6 is 15.9 Å². The zero-order valence-corrected chi connectivity index (χ0v) is 10.7. The van der Waals surface area contributed by atoms with E-state index in [1.54, 1.807) is 0 Å². The Kier molecular flexibility index (Phi) is 3.76. The molecule has 1 aliphatic rings. The van der Waals surface area contributed by atoms with E-state index >= 15 is 0 Å². The molecule has 0 N–H and O–H groups in total. The summed E-state index contributed by atoms with van der Waals surface area (Å²) in [6, 6.07) is 2.16. The molecule has 1 aromatic rings. The molecular formula is C12H17BrN2. The molecule has 0 amide bonds. The third kappa shape index (κ3) is 3.02. The predicted molar refractivity (Wildman–Crippen MR) is 65.6 cm³/mol. The van der Waals surface area contributed by atoms with Crippen molar-refractivity contribution in [1.29, 1.82) is 0 Å². The van der Waals surface area contributed by atoms with E-state index < -0.39 is 0 Å². The van der Waals surface area contributed by atoms with Gasteiger partial charge in [-0.15, -0.1) is 0 Å². The minimum absolute atomic E-state index is 0.908. The van der Waals surface area contributed by atoms with Crippen molar-refractivity contribution < 1.29 is 0 Å². The van der Waals surface area contributed by atoms with Gasteiger partial charge in [-0.1, -0.05) is 13.3 Å². The summed E-state index contributed by atoms with van der Waals surface area (Å²) in [6.07, 6.45) is 6.47. The van der Waals surface area contributed by atoms with Gasteiger partial charge in [0.15, 0.2) is 0 Å². The smallest absolute Gasteiger partial charge is 0.0410 e. The molecule has 3 heteroatoms. The Labute approximate surface area is 99.8 Å². The largest absolute Gasteiger partial charge is 0.299 e. The monoisotopic (exact) mass is 268 g/mol. The van der Waals surface area contributed by atoms with Crippen LogP contribution in [-0.2, 0) is 6.54 Å². The number of halogens is 1. The number of aromatic nitrogens is 1. The number of rotatable bonds is 3. The third-order valence-corrected chi connectivity index (χ3v) is 3.55. The molecule has 1 unspecified atom stereocenters. The SMILES string of the molecule is CCC1CCN(Cc2cncc(Br)c2)C1. The highest BCUT2D eigenvalue weighted by Crippen LogP contribution is 2.21. The van der Waals surface area contributed by atoms with Crippen LogP contribution in [0.4, 0.5) is 0 Å². The lowest BCUT2D eigenvalue weighted by Crippen LogP contribution is -2.20. The number of hydrogen-bond donors (Lipinski definition) is 0. The van der Waals surface area contributed by atoms with Gasteiger partial charge < -0.3 is 0 Å². The summed E-state index contributed by atoms with van der Waals surface area (Å²) in [5, 5.41) is 0. The van der Waals surface area contributed by atoms with Gasteiger partial charge in [-0.3, -0.25) is 9.88 Å². The van der Waals surface area contributed by atoms with Gasteiger partial charge in [0.25, 0.3) is 0 Å². The van der Waals surface area contributed by atoms with E-state index in [2.05, 4.69) is 38.8 Å². The van der Waals surface area contributed by atoms with Crippen LogP contribution in [-0.4, -0.2) is 23.0 Å². The van der Waals surface area contributed by atoms with E-state index in [0.29, 0.717) is 0 Å². The number of hydrogen-bond acceptors (Lipinski definition) is 2. The molecule has 2 nitrogen and oxygen atoms in total. The zero-order chi connectivity index (χ0) is 10.7. The summed E-state index contributed by atoms with van der Waals surface area (Å²) >= 11 is 3.46. The number of nitrogens with zero attached hydrogens (tertiary/aromatic N) is 2. The van der Waals surface area contributed by atoms with Gasteiger partial charge in [-0.05, 0) is 46.4 Å². The molecule has 0 aliphatic carbocycles. The fourth-order valence-electron chi connectivity index (χ4n) is 2.19. The lowest BCUT2D eigenvalue weighted by Gasteiger charge is -2.15. The molecule has 1 aliphatic heterocycles. The van der Waals surface area contributed by atoms with Gasteiger partial charge in [0.1, 0.15) is 0 Å². The molecule has 0 spiro atoms. The molecule has 15 heavy (non-hydrogen) atoms. The van der Waals surface area contributed by atoms with E-state index in [9.17, 15) is 0 Å². The van der Waals surface area contributed by atoms with Crippen LogP contribution in [0.2, 0.25) is 0 Å². The second-order valence-electron chi connectivity index (χ2n) is 4.31. The van der Waals surface area contributed by atoms with Crippen LogP contribution in [0.1, 0.15) is 25.3 Å². The Hall–Kier alpha value is -0.410.